The molecule has 0 bridgehead atoms. The number of urea groups is 1. The van der Waals surface area contributed by atoms with Crippen LogP contribution < -0.4 is 10.9 Å². The molecule has 1 saturated heterocycles. The van der Waals surface area contributed by atoms with Crippen molar-refractivity contribution in [2.75, 3.05) is 39.9 Å². The van der Waals surface area contributed by atoms with Gasteiger partial charge in [-0.1, -0.05) is 12.8 Å². The quantitative estimate of drug-likeness (QED) is 0.756. The summed E-state index contributed by atoms with van der Waals surface area (Å²) in [6.07, 6.45) is 5.96. The summed E-state index contributed by atoms with van der Waals surface area (Å²) in [6.45, 7) is 2.18. The third-order valence-corrected chi connectivity index (χ3v) is 5.96. The number of rotatable bonds is 5. The van der Waals surface area contributed by atoms with Crippen molar-refractivity contribution in [2.24, 2.45) is 0 Å². The molecule has 10 nitrogen and oxygen atoms in total. The Balaban J connectivity index is 1.48. The van der Waals surface area contributed by atoms with Crippen LogP contribution in [0.2, 0.25) is 0 Å². The minimum atomic E-state index is -0.477. The van der Waals surface area contributed by atoms with Crippen molar-refractivity contribution in [1.29, 1.82) is 0 Å². The van der Waals surface area contributed by atoms with Gasteiger partial charge in [-0.3, -0.25) is 14.2 Å². The molecule has 2 aromatic heterocycles. The van der Waals surface area contributed by atoms with Crippen LogP contribution in [0.5, 0.6) is 0 Å². The number of pyridine rings is 1. The van der Waals surface area contributed by atoms with Gasteiger partial charge < -0.3 is 19.9 Å². The number of ether oxygens (including phenoxy) is 1. The van der Waals surface area contributed by atoms with E-state index in [9.17, 15) is 14.4 Å². The number of methoxy groups -OCH3 is 1. The van der Waals surface area contributed by atoms with Crippen molar-refractivity contribution in [1.82, 2.24) is 29.7 Å². The number of amides is 3. The first-order valence-electron chi connectivity index (χ1n) is 10.8. The van der Waals surface area contributed by atoms with E-state index in [0.717, 1.165) is 25.7 Å². The number of fused-ring (bicyclic) bond motifs is 1. The van der Waals surface area contributed by atoms with Gasteiger partial charge in [0.2, 0.25) is 0 Å². The number of carbonyl (C=O) groups excluding carboxylic acids is 2. The second-order valence-electron chi connectivity index (χ2n) is 7.97. The zero-order chi connectivity index (χ0) is 21.8. The van der Waals surface area contributed by atoms with Crippen LogP contribution >= 0.6 is 0 Å². The highest BCUT2D eigenvalue weighted by atomic mass is 16.5. The maximum atomic E-state index is 13.1. The van der Waals surface area contributed by atoms with Gasteiger partial charge in [0.1, 0.15) is 5.52 Å². The van der Waals surface area contributed by atoms with Crippen molar-refractivity contribution in [3.05, 3.63) is 34.4 Å². The molecule has 3 amide bonds. The van der Waals surface area contributed by atoms with E-state index in [2.05, 4.69) is 15.3 Å². The highest BCUT2D eigenvalue weighted by molar-refractivity contribution is 5.93. The number of piperazine rings is 1. The van der Waals surface area contributed by atoms with Gasteiger partial charge in [-0.15, -0.1) is 0 Å². The monoisotopic (exact) mass is 428 g/mol. The summed E-state index contributed by atoms with van der Waals surface area (Å²) >= 11 is 0. The molecule has 2 aliphatic rings. The summed E-state index contributed by atoms with van der Waals surface area (Å²) in [5.74, 6) is -0.419. The lowest BCUT2D eigenvalue weighted by Crippen LogP contribution is -2.55. The molecule has 1 saturated carbocycles. The first kappa shape index (κ1) is 21.2. The van der Waals surface area contributed by atoms with Crippen LogP contribution in [0.1, 0.15) is 36.2 Å². The van der Waals surface area contributed by atoms with Gasteiger partial charge in [0.05, 0.1) is 13.2 Å². The van der Waals surface area contributed by atoms with Crippen molar-refractivity contribution >= 4 is 23.1 Å². The van der Waals surface area contributed by atoms with Gasteiger partial charge in [0, 0.05) is 45.5 Å². The Hall–Kier alpha value is -3.01. The standard InChI is InChI=1S/C21H28N6O4/c1-31-14-13-27-18-16(7-4-8-22-18)24-17(20(27)29)19(28)25-9-11-26(12-10-25)21(30)23-15-5-2-3-6-15/h4,7-8,15H,2-3,5-6,9-14H2,1H3,(H,23,30). The first-order valence-corrected chi connectivity index (χ1v) is 10.8. The van der Waals surface area contributed by atoms with Crippen LogP contribution in [-0.4, -0.2) is 82.2 Å². The van der Waals surface area contributed by atoms with Crippen molar-refractivity contribution in [2.45, 2.75) is 38.3 Å². The van der Waals surface area contributed by atoms with Crippen LogP contribution in [0.25, 0.3) is 11.2 Å². The van der Waals surface area contributed by atoms with E-state index in [1.807, 2.05) is 0 Å². The van der Waals surface area contributed by atoms with Gasteiger partial charge in [0.15, 0.2) is 11.3 Å². The molecular weight excluding hydrogens is 400 g/mol. The summed E-state index contributed by atoms with van der Waals surface area (Å²) in [5, 5.41) is 3.08. The normalized spacial score (nSPS) is 17.3. The smallest absolute Gasteiger partial charge is 0.317 e. The Kier molecular flexibility index (Phi) is 6.45. The highest BCUT2D eigenvalue weighted by Crippen LogP contribution is 2.18. The van der Waals surface area contributed by atoms with Gasteiger partial charge in [0.25, 0.3) is 11.5 Å². The van der Waals surface area contributed by atoms with Gasteiger partial charge in [-0.05, 0) is 25.0 Å². The van der Waals surface area contributed by atoms with Gasteiger partial charge in [-0.25, -0.2) is 14.8 Å². The number of nitrogens with zero attached hydrogens (tertiary/aromatic N) is 5. The van der Waals surface area contributed by atoms with Crippen molar-refractivity contribution in [3.63, 3.8) is 0 Å². The van der Waals surface area contributed by atoms with E-state index < -0.39 is 11.5 Å². The number of hydrogen-bond donors (Lipinski definition) is 1. The third kappa shape index (κ3) is 4.53. The second kappa shape index (κ2) is 9.42. The molecule has 3 heterocycles. The minimum Gasteiger partial charge on any atom is -0.383 e. The Labute approximate surface area is 180 Å². The van der Waals surface area contributed by atoms with Crippen LogP contribution in [0.15, 0.2) is 23.1 Å². The number of carbonyl (C=O) groups is 2. The zero-order valence-corrected chi connectivity index (χ0v) is 17.7. The molecule has 0 aromatic carbocycles. The third-order valence-electron chi connectivity index (χ3n) is 5.96. The maximum Gasteiger partial charge on any atom is 0.317 e. The average Bonchev–Trinajstić information content (AvgIpc) is 3.31. The van der Waals surface area contributed by atoms with Crippen LogP contribution in [-0.2, 0) is 11.3 Å². The lowest BCUT2D eigenvalue weighted by Gasteiger charge is -2.35. The number of nitrogens with one attached hydrogen (secondary N) is 1. The number of aromatic nitrogens is 3. The molecule has 166 valence electrons. The van der Waals surface area contributed by atoms with Gasteiger partial charge in [-0.2, -0.15) is 0 Å². The highest BCUT2D eigenvalue weighted by Gasteiger charge is 2.29. The van der Waals surface area contributed by atoms with E-state index in [0.29, 0.717) is 43.9 Å². The van der Waals surface area contributed by atoms with E-state index in [1.165, 1.54) is 4.57 Å². The zero-order valence-electron chi connectivity index (χ0n) is 17.7. The molecule has 0 spiro atoms. The Bertz CT molecular complexity index is 1010. The second-order valence-corrected chi connectivity index (χ2v) is 7.97. The summed E-state index contributed by atoms with van der Waals surface area (Å²) in [5.41, 5.74) is 0.306. The lowest BCUT2D eigenvalue weighted by molar-refractivity contribution is 0.0655. The van der Waals surface area contributed by atoms with Crippen LogP contribution in [0, 0.1) is 0 Å². The molecule has 10 heteroatoms. The van der Waals surface area contributed by atoms with E-state index in [1.54, 1.807) is 35.2 Å². The molecule has 0 atom stereocenters. The fourth-order valence-corrected chi connectivity index (χ4v) is 4.20. The maximum absolute atomic E-state index is 13.1. The topological polar surface area (TPSA) is 110 Å². The molecule has 1 N–H and O–H groups in total. The summed E-state index contributed by atoms with van der Waals surface area (Å²) in [4.78, 5) is 50.5. The van der Waals surface area contributed by atoms with Crippen molar-refractivity contribution in [3.8, 4) is 0 Å². The summed E-state index contributed by atoms with van der Waals surface area (Å²) in [7, 11) is 1.55. The van der Waals surface area contributed by atoms with E-state index in [4.69, 9.17) is 4.74 Å². The number of hydrogen-bond acceptors (Lipinski definition) is 6. The minimum absolute atomic E-state index is 0.0733. The molecule has 2 aromatic rings. The summed E-state index contributed by atoms with van der Waals surface area (Å²) < 4.78 is 6.54. The predicted octanol–water partition coefficient (Wildman–Crippen LogP) is 0.848. The SMILES string of the molecule is COCCn1c(=O)c(C(=O)N2CCN(C(=O)NC3CCCC3)CC2)nc2cccnc21. The average molecular weight is 428 g/mol. The molecule has 4 rings (SSSR count). The largest absolute Gasteiger partial charge is 0.383 e. The first-order chi connectivity index (χ1) is 15.1. The molecule has 1 aliphatic carbocycles. The lowest BCUT2D eigenvalue weighted by atomic mass is 10.2. The summed E-state index contributed by atoms with van der Waals surface area (Å²) in [6, 6.07) is 3.63. The molecular formula is C21H28N6O4. The van der Waals surface area contributed by atoms with Crippen molar-refractivity contribution < 1.29 is 14.3 Å². The van der Waals surface area contributed by atoms with E-state index >= 15 is 0 Å². The molecule has 0 radical (unpaired) electrons. The molecule has 1 aliphatic heterocycles. The molecule has 2 fully saturated rings. The van der Waals surface area contributed by atoms with Crippen LogP contribution in [0.4, 0.5) is 4.79 Å². The Morgan fingerprint density at radius 1 is 1.16 bits per heavy atom. The Morgan fingerprint density at radius 3 is 2.58 bits per heavy atom. The Morgan fingerprint density at radius 2 is 1.87 bits per heavy atom. The molecule has 31 heavy (non-hydrogen) atoms. The fraction of sp³-hybridized carbons (Fsp3) is 0.571. The van der Waals surface area contributed by atoms with Crippen LogP contribution in [0.3, 0.4) is 0 Å². The predicted molar refractivity (Wildman–Crippen MR) is 114 cm³/mol. The van der Waals surface area contributed by atoms with Gasteiger partial charge >= 0.3 is 6.03 Å². The van der Waals surface area contributed by atoms with E-state index in [-0.39, 0.29) is 24.3 Å². The molecule has 0 unspecified atom stereocenters. The fourth-order valence-electron chi connectivity index (χ4n) is 4.20.